The first-order chi connectivity index (χ1) is 8.54. The summed E-state index contributed by atoms with van der Waals surface area (Å²) in [6.45, 7) is 1.60. The lowest BCUT2D eigenvalue weighted by molar-refractivity contribution is -0.135. The zero-order chi connectivity index (χ0) is 13.7. The molecule has 1 aromatic rings. The maximum atomic E-state index is 11.4. The summed E-state index contributed by atoms with van der Waals surface area (Å²) in [6, 6.07) is 5.17. The second-order valence-electron chi connectivity index (χ2n) is 3.50. The molecule has 0 aliphatic heterocycles. The van der Waals surface area contributed by atoms with E-state index in [1.54, 1.807) is 32.2 Å². The third-order valence-corrected chi connectivity index (χ3v) is 2.96. The van der Waals surface area contributed by atoms with Crippen molar-refractivity contribution in [2.75, 3.05) is 21.3 Å². The lowest BCUT2D eigenvalue weighted by Crippen LogP contribution is -2.03. The van der Waals surface area contributed by atoms with Gasteiger partial charge in [0.2, 0.25) is 0 Å². The number of carbonyl (C=O) groups is 1. The van der Waals surface area contributed by atoms with E-state index in [2.05, 4.69) is 4.74 Å². The van der Waals surface area contributed by atoms with Crippen molar-refractivity contribution >= 4 is 22.6 Å². The van der Waals surface area contributed by atoms with Gasteiger partial charge in [0, 0.05) is 0 Å². The molecular weight excluding hydrogens is 256 g/mol. The largest absolute Gasteiger partial charge is 0.493 e. The predicted molar refractivity (Wildman–Crippen MR) is 70.0 cm³/mol. The summed E-state index contributed by atoms with van der Waals surface area (Å²) < 4.78 is 14.9. The van der Waals surface area contributed by atoms with Gasteiger partial charge in [0.05, 0.1) is 31.9 Å². The number of carbonyl (C=O) groups excluding carboxylic acids is 1. The van der Waals surface area contributed by atoms with Crippen molar-refractivity contribution in [2.45, 2.75) is 6.92 Å². The van der Waals surface area contributed by atoms with Crippen LogP contribution in [0.3, 0.4) is 0 Å². The molecule has 0 unspecified atom stereocenters. The lowest BCUT2D eigenvalue weighted by Gasteiger charge is -2.10. The van der Waals surface area contributed by atoms with Crippen LogP contribution in [0.5, 0.6) is 11.5 Å². The van der Waals surface area contributed by atoms with Crippen LogP contribution in [-0.4, -0.2) is 27.3 Å². The van der Waals surface area contributed by atoms with E-state index in [0.29, 0.717) is 27.7 Å². The molecule has 5 heteroatoms. The molecule has 0 bridgehead atoms. The van der Waals surface area contributed by atoms with Gasteiger partial charge in [0.15, 0.2) is 11.5 Å². The van der Waals surface area contributed by atoms with Crippen LogP contribution >= 0.6 is 11.6 Å². The van der Waals surface area contributed by atoms with Crippen molar-refractivity contribution in [3.63, 3.8) is 0 Å². The average molecular weight is 271 g/mol. The summed E-state index contributed by atoms with van der Waals surface area (Å²) in [7, 11) is 4.39. The maximum Gasteiger partial charge on any atom is 0.334 e. The van der Waals surface area contributed by atoms with Gasteiger partial charge < -0.3 is 14.2 Å². The van der Waals surface area contributed by atoms with Crippen LogP contribution in [0.1, 0.15) is 12.5 Å². The molecule has 0 aliphatic carbocycles. The Hall–Kier alpha value is -1.68. The quantitative estimate of drug-likeness (QED) is 0.623. The minimum Gasteiger partial charge on any atom is -0.493 e. The van der Waals surface area contributed by atoms with Gasteiger partial charge in [-0.3, -0.25) is 0 Å². The molecule has 4 nitrogen and oxygen atoms in total. The van der Waals surface area contributed by atoms with Gasteiger partial charge in [0.25, 0.3) is 0 Å². The molecule has 0 saturated carbocycles. The van der Waals surface area contributed by atoms with Crippen LogP contribution in [0.2, 0.25) is 0 Å². The first-order valence-corrected chi connectivity index (χ1v) is 5.60. The zero-order valence-corrected chi connectivity index (χ0v) is 11.5. The Balaban J connectivity index is 3.22. The minimum atomic E-state index is -0.463. The highest BCUT2D eigenvalue weighted by atomic mass is 35.5. The van der Waals surface area contributed by atoms with Crippen LogP contribution in [-0.2, 0) is 9.53 Å². The highest BCUT2D eigenvalue weighted by Crippen LogP contribution is 2.32. The van der Waals surface area contributed by atoms with E-state index >= 15 is 0 Å². The number of ether oxygens (including phenoxy) is 3. The van der Waals surface area contributed by atoms with Crippen molar-refractivity contribution in [1.82, 2.24) is 0 Å². The molecule has 0 atom stereocenters. The molecule has 1 rings (SSSR count). The number of hydrogen-bond donors (Lipinski definition) is 0. The van der Waals surface area contributed by atoms with Crippen LogP contribution in [0.4, 0.5) is 0 Å². The van der Waals surface area contributed by atoms with Crippen molar-refractivity contribution in [2.24, 2.45) is 0 Å². The standard InChI is InChI=1S/C13H15ClO4/c1-8(13(15)18-4)12(14)9-5-6-10(16-2)11(7-9)17-3/h5-7H,1-4H3. The van der Waals surface area contributed by atoms with E-state index in [0.717, 1.165) is 0 Å². The van der Waals surface area contributed by atoms with Crippen LogP contribution in [0.25, 0.3) is 5.03 Å². The molecule has 0 amide bonds. The Bertz CT molecular complexity index is 480. The zero-order valence-electron chi connectivity index (χ0n) is 10.7. The Morgan fingerprint density at radius 1 is 1.11 bits per heavy atom. The van der Waals surface area contributed by atoms with E-state index in [9.17, 15) is 4.79 Å². The number of halogens is 1. The van der Waals surface area contributed by atoms with Crippen LogP contribution in [0, 0.1) is 0 Å². The number of esters is 1. The smallest absolute Gasteiger partial charge is 0.334 e. The fraction of sp³-hybridized carbons (Fsp3) is 0.308. The van der Waals surface area contributed by atoms with Crippen molar-refractivity contribution in [1.29, 1.82) is 0 Å². The fourth-order valence-corrected chi connectivity index (χ4v) is 1.63. The highest BCUT2D eigenvalue weighted by molar-refractivity contribution is 6.50. The van der Waals surface area contributed by atoms with E-state index in [1.165, 1.54) is 14.2 Å². The molecule has 0 aromatic heterocycles. The Morgan fingerprint density at radius 3 is 2.22 bits per heavy atom. The Kier molecular flexibility index (Phi) is 5.04. The number of hydrogen-bond acceptors (Lipinski definition) is 4. The first-order valence-electron chi connectivity index (χ1n) is 5.22. The molecule has 0 N–H and O–H groups in total. The summed E-state index contributed by atoms with van der Waals surface area (Å²) in [6.07, 6.45) is 0. The SMILES string of the molecule is COC(=O)C(C)=C(Cl)c1ccc(OC)c(OC)c1. The minimum absolute atomic E-state index is 0.322. The second-order valence-corrected chi connectivity index (χ2v) is 3.88. The Morgan fingerprint density at radius 2 is 1.72 bits per heavy atom. The third kappa shape index (κ3) is 2.96. The predicted octanol–water partition coefficient (Wildman–Crippen LogP) is 2.85. The van der Waals surface area contributed by atoms with Crippen LogP contribution < -0.4 is 9.47 Å². The lowest BCUT2D eigenvalue weighted by atomic mass is 10.1. The normalized spacial score (nSPS) is 11.6. The number of methoxy groups -OCH3 is 3. The summed E-state index contributed by atoms with van der Waals surface area (Å²) in [5.41, 5.74) is 1.00. The number of benzene rings is 1. The van der Waals surface area contributed by atoms with Gasteiger partial charge in [-0.25, -0.2) is 4.79 Å². The van der Waals surface area contributed by atoms with Gasteiger partial charge in [-0.2, -0.15) is 0 Å². The maximum absolute atomic E-state index is 11.4. The number of rotatable bonds is 4. The first kappa shape index (κ1) is 14.4. The summed E-state index contributed by atoms with van der Waals surface area (Å²) in [4.78, 5) is 11.4. The molecular formula is C13H15ClO4. The molecule has 0 aliphatic rings. The summed E-state index contributed by atoms with van der Waals surface area (Å²) in [5.74, 6) is 0.682. The van der Waals surface area contributed by atoms with Gasteiger partial charge >= 0.3 is 5.97 Å². The molecule has 0 spiro atoms. The van der Waals surface area contributed by atoms with Crippen LogP contribution in [0.15, 0.2) is 23.8 Å². The van der Waals surface area contributed by atoms with Gasteiger partial charge in [-0.1, -0.05) is 11.6 Å². The third-order valence-electron chi connectivity index (χ3n) is 2.46. The van der Waals surface area contributed by atoms with Gasteiger partial charge in [-0.05, 0) is 30.7 Å². The molecule has 1 aromatic carbocycles. The van der Waals surface area contributed by atoms with Crippen molar-refractivity contribution < 1.29 is 19.0 Å². The monoisotopic (exact) mass is 270 g/mol. The molecule has 18 heavy (non-hydrogen) atoms. The average Bonchev–Trinajstić information content (AvgIpc) is 2.43. The summed E-state index contributed by atoms with van der Waals surface area (Å²) >= 11 is 6.14. The highest BCUT2D eigenvalue weighted by Gasteiger charge is 2.13. The second kappa shape index (κ2) is 6.31. The Labute approximate surface area is 111 Å². The molecule has 0 saturated heterocycles. The van der Waals surface area contributed by atoms with E-state index < -0.39 is 5.97 Å². The molecule has 0 heterocycles. The topological polar surface area (TPSA) is 44.8 Å². The molecule has 98 valence electrons. The molecule has 0 radical (unpaired) electrons. The fourth-order valence-electron chi connectivity index (χ4n) is 1.43. The summed E-state index contributed by atoms with van der Waals surface area (Å²) in [5, 5.41) is 0.322. The van der Waals surface area contributed by atoms with E-state index in [1.807, 2.05) is 0 Å². The molecule has 0 fully saturated rings. The van der Waals surface area contributed by atoms with Crippen molar-refractivity contribution in [3.05, 3.63) is 29.3 Å². The van der Waals surface area contributed by atoms with Crippen molar-refractivity contribution in [3.8, 4) is 11.5 Å². The van der Waals surface area contributed by atoms with Gasteiger partial charge in [-0.15, -0.1) is 0 Å². The van der Waals surface area contributed by atoms with E-state index in [4.69, 9.17) is 21.1 Å². The van der Waals surface area contributed by atoms with E-state index in [-0.39, 0.29) is 0 Å². The van der Waals surface area contributed by atoms with Gasteiger partial charge in [0.1, 0.15) is 0 Å².